The number of rotatable bonds is 6. The maximum atomic E-state index is 11.3. The molecule has 0 aliphatic heterocycles. The number of amides is 2. The monoisotopic (exact) mass is 374 g/mol. The van der Waals surface area contributed by atoms with Crippen molar-refractivity contribution in [3.63, 3.8) is 0 Å². The molecule has 2 rings (SSSR count). The highest BCUT2D eigenvalue weighted by molar-refractivity contribution is 5.92. The molecule has 2 aromatic rings. The lowest BCUT2D eigenvalue weighted by atomic mass is 10.2. The van der Waals surface area contributed by atoms with Crippen molar-refractivity contribution in [2.24, 2.45) is 0 Å². The second-order valence-electron chi connectivity index (χ2n) is 5.34. The van der Waals surface area contributed by atoms with E-state index in [-0.39, 0.29) is 34.2 Å². The van der Waals surface area contributed by atoms with Crippen molar-refractivity contribution in [2.45, 2.75) is 13.8 Å². The lowest BCUT2D eigenvalue weighted by molar-refractivity contribution is -0.384. The maximum Gasteiger partial charge on any atom is 0.273 e. The van der Waals surface area contributed by atoms with Crippen molar-refractivity contribution in [1.29, 1.82) is 0 Å². The van der Waals surface area contributed by atoms with Gasteiger partial charge in [-0.15, -0.1) is 0 Å². The Morgan fingerprint density at radius 2 is 1.19 bits per heavy atom. The SMILES string of the molecule is CC(=O)Nc1ccc([N+](=O)[O-])cc1Oc1cc([N+](=O)[O-])ccc1NC(C)=O. The summed E-state index contributed by atoms with van der Waals surface area (Å²) in [7, 11) is 0. The Kier molecular flexibility index (Phi) is 5.65. The number of anilines is 2. The molecule has 0 aliphatic rings. The average Bonchev–Trinajstić information content (AvgIpc) is 2.56. The van der Waals surface area contributed by atoms with Gasteiger partial charge in [0.1, 0.15) is 0 Å². The number of nitrogens with zero attached hydrogens (tertiary/aromatic N) is 2. The average molecular weight is 374 g/mol. The number of hydrogen-bond donors (Lipinski definition) is 2. The number of benzene rings is 2. The highest BCUT2D eigenvalue weighted by Gasteiger charge is 2.18. The molecule has 0 bridgehead atoms. The van der Waals surface area contributed by atoms with E-state index in [1.807, 2.05) is 0 Å². The molecule has 2 N–H and O–H groups in total. The van der Waals surface area contributed by atoms with Gasteiger partial charge in [-0.25, -0.2) is 0 Å². The Labute approximate surface area is 152 Å². The maximum absolute atomic E-state index is 11.3. The third-order valence-electron chi connectivity index (χ3n) is 3.19. The van der Waals surface area contributed by atoms with Gasteiger partial charge in [0.2, 0.25) is 11.8 Å². The molecule has 2 amide bonds. The van der Waals surface area contributed by atoms with E-state index < -0.39 is 21.7 Å². The van der Waals surface area contributed by atoms with E-state index in [0.29, 0.717) is 0 Å². The molecule has 0 radical (unpaired) electrons. The van der Waals surface area contributed by atoms with Gasteiger partial charge >= 0.3 is 0 Å². The number of hydrogen-bond acceptors (Lipinski definition) is 7. The quantitative estimate of drug-likeness (QED) is 0.581. The van der Waals surface area contributed by atoms with Crippen LogP contribution >= 0.6 is 0 Å². The van der Waals surface area contributed by atoms with E-state index in [2.05, 4.69) is 10.6 Å². The van der Waals surface area contributed by atoms with Crippen LogP contribution in [-0.4, -0.2) is 21.7 Å². The van der Waals surface area contributed by atoms with Crippen molar-refractivity contribution in [1.82, 2.24) is 0 Å². The Hall–Kier alpha value is -4.02. The number of non-ortho nitro benzene ring substituents is 2. The van der Waals surface area contributed by atoms with Gasteiger partial charge in [0.05, 0.1) is 33.4 Å². The first-order valence-corrected chi connectivity index (χ1v) is 7.47. The Bertz CT molecular complexity index is 867. The zero-order chi connectivity index (χ0) is 20.1. The fourth-order valence-corrected chi connectivity index (χ4v) is 2.12. The van der Waals surface area contributed by atoms with Gasteiger partial charge in [0, 0.05) is 26.0 Å². The van der Waals surface area contributed by atoms with Crippen LogP contribution in [0.5, 0.6) is 11.5 Å². The summed E-state index contributed by atoms with van der Waals surface area (Å²) in [6.07, 6.45) is 0. The molecular weight excluding hydrogens is 360 g/mol. The van der Waals surface area contributed by atoms with Crippen molar-refractivity contribution in [3.05, 3.63) is 56.6 Å². The normalized spacial score (nSPS) is 10.0. The summed E-state index contributed by atoms with van der Waals surface area (Å²) in [4.78, 5) is 43.4. The topological polar surface area (TPSA) is 154 Å². The smallest absolute Gasteiger partial charge is 0.273 e. The van der Waals surface area contributed by atoms with Gasteiger partial charge in [-0.1, -0.05) is 0 Å². The Morgan fingerprint density at radius 3 is 1.48 bits per heavy atom. The van der Waals surface area contributed by atoms with Gasteiger partial charge in [-0.2, -0.15) is 0 Å². The van der Waals surface area contributed by atoms with Crippen molar-refractivity contribution >= 4 is 34.6 Å². The van der Waals surface area contributed by atoms with Crippen LogP contribution in [0.3, 0.4) is 0 Å². The van der Waals surface area contributed by atoms with E-state index in [0.717, 1.165) is 12.1 Å². The molecule has 0 spiro atoms. The van der Waals surface area contributed by atoms with Crippen LogP contribution < -0.4 is 15.4 Å². The largest absolute Gasteiger partial charge is 0.452 e. The summed E-state index contributed by atoms with van der Waals surface area (Å²) in [6, 6.07) is 6.98. The summed E-state index contributed by atoms with van der Waals surface area (Å²) < 4.78 is 5.59. The molecule has 0 aromatic heterocycles. The molecule has 0 fully saturated rings. The summed E-state index contributed by atoms with van der Waals surface area (Å²) >= 11 is 0. The van der Waals surface area contributed by atoms with Crippen LogP contribution in [0.4, 0.5) is 22.7 Å². The molecule has 11 nitrogen and oxygen atoms in total. The number of carbonyl (C=O) groups is 2. The second-order valence-corrected chi connectivity index (χ2v) is 5.34. The predicted octanol–water partition coefficient (Wildman–Crippen LogP) is 3.21. The third-order valence-corrected chi connectivity index (χ3v) is 3.19. The van der Waals surface area contributed by atoms with Gasteiger partial charge in [-0.05, 0) is 12.1 Å². The molecule has 2 aromatic carbocycles. The molecule has 11 heteroatoms. The van der Waals surface area contributed by atoms with Crippen molar-refractivity contribution < 1.29 is 24.2 Å². The Balaban J connectivity index is 2.55. The first-order chi connectivity index (χ1) is 12.7. The number of nitro benzene ring substituents is 2. The highest BCUT2D eigenvalue weighted by Crippen LogP contribution is 2.38. The molecule has 0 heterocycles. The van der Waals surface area contributed by atoms with Crippen LogP contribution in [0, 0.1) is 20.2 Å². The zero-order valence-corrected chi connectivity index (χ0v) is 14.2. The van der Waals surface area contributed by atoms with Crippen LogP contribution in [0.25, 0.3) is 0 Å². The highest BCUT2D eigenvalue weighted by atomic mass is 16.6. The van der Waals surface area contributed by atoms with E-state index in [4.69, 9.17) is 4.74 Å². The summed E-state index contributed by atoms with van der Waals surface area (Å²) in [5, 5.41) is 26.9. The van der Waals surface area contributed by atoms with Gasteiger partial charge < -0.3 is 15.4 Å². The van der Waals surface area contributed by atoms with Crippen molar-refractivity contribution in [2.75, 3.05) is 10.6 Å². The molecular formula is C16H14N4O7. The predicted molar refractivity (Wildman–Crippen MR) is 94.9 cm³/mol. The van der Waals surface area contributed by atoms with Crippen molar-refractivity contribution in [3.8, 4) is 11.5 Å². The second kappa shape index (κ2) is 7.91. The molecule has 0 saturated carbocycles. The van der Waals surface area contributed by atoms with E-state index in [1.54, 1.807) is 0 Å². The van der Waals surface area contributed by atoms with E-state index >= 15 is 0 Å². The van der Waals surface area contributed by atoms with E-state index in [1.165, 1.54) is 38.1 Å². The molecule has 0 aliphatic carbocycles. The number of nitro groups is 2. The van der Waals surface area contributed by atoms with Crippen LogP contribution in [0.15, 0.2) is 36.4 Å². The van der Waals surface area contributed by atoms with Gasteiger partial charge in [0.25, 0.3) is 11.4 Å². The standard InChI is InChI=1S/C16H14N4O7/c1-9(21)17-13-5-3-11(19(23)24)7-15(13)27-16-8-12(20(25)26)4-6-14(16)18-10(2)22/h3-8H,1-2H3,(H,17,21)(H,18,22). The summed E-state index contributed by atoms with van der Waals surface area (Å²) in [5.41, 5.74) is -0.391. The number of nitrogens with one attached hydrogen (secondary N) is 2. The fraction of sp³-hybridized carbons (Fsp3) is 0.125. The summed E-state index contributed by atoms with van der Waals surface area (Å²) in [5.74, 6) is -1.14. The van der Waals surface area contributed by atoms with E-state index in [9.17, 15) is 29.8 Å². The molecule has 140 valence electrons. The Morgan fingerprint density at radius 1 is 0.815 bits per heavy atom. The van der Waals surface area contributed by atoms with Gasteiger partial charge in [0.15, 0.2) is 11.5 Å². The van der Waals surface area contributed by atoms with Crippen LogP contribution in [0.1, 0.15) is 13.8 Å². The van der Waals surface area contributed by atoms with Crippen LogP contribution in [-0.2, 0) is 9.59 Å². The number of carbonyl (C=O) groups excluding carboxylic acids is 2. The molecule has 27 heavy (non-hydrogen) atoms. The zero-order valence-electron chi connectivity index (χ0n) is 14.2. The van der Waals surface area contributed by atoms with Gasteiger partial charge in [-0.3, -0.25) is 29.8 Å². The van der Waals surface area contributed by atoms with Crippen LogP contribution in [0.2, 0.25) is 0 Å². The number of ether oxygens (including phenoxy) is 1. The molecule has 0 saturated heterocycles. The minimum atomic E-state index is -0.660. The molecule has 0 unspecified atom stereocenters. The first-order valence-electron chi connectivity index (χ1n) is 7.47. The minimum absolute atomic E-state index is 0.119. The molecule has 0 atom stereocenters. The summed E-state index contributed by atoms with van der Waals surface area (Å²) in [6.45, 7) is 2.47. The lowest BCUT2D eigenvalue weighted by Crippen LogP contribution is -2.09. The minimum Gasteiger partial charge on any atom is -0.452 e. The fourth-order valence-electron chi connectivity index (χ4n) is 2.12. The third kappa shape index (κ3) is 4.98. The lowest BCUT2D eigenvalue weighted by Gasteiger charge is -2.14. The first kappa shape index (κ1) is 19.3.